The van der Waals surface area contributed by atoms with E-state index in [1.807, 2.05) is 6.92 Å². The van der Waals surface area contributed by atoms with Crippen LogP contribution in [0.25, 0.3) is 0 Å². The van der Waals surface area contributed by atoms with Gasteiger partial charge in [-0.2, -0.15) is 0 Å². The minimum absolute atomic E-state index is 0.473. The summed E-state index contributed by atoms with van der Waals surface area (Å²) in [4.78, 5) is 19.4. The van der Waals surface area contributed by atoms with Gasteiger partial charge in [0, 0.05) is 12.1 Å². The zero-order chi connectivity index (χ0) is 10.7. The summed E-state index contributed by atoms with van der Waals surface area (Å²) < 4.78 is 0. The Morgan fingerprint density at radius 1 is 1.33 bits per heavy atom. The van der Waals surface area contributed by atoms with Crippen LogP contribution in [0.15, 0.2) is 6.20 Å². The Balaban J connectivity index is 2.31. The normalized spacial score (nSPS) is 17.7. The van der Waals surface area contributed by atoms with Crippen LogP contribution in [0.1, 0.15) is 59.9 Å². The molecule has 1 saturated carbocycles. The van der Waals surface area contributed by atoms with Gasteiger partial charge in [0.15, 0.2) is 6.29 Å². The lowest BCUT2D eigenvalue weighted by Gasteiger charge is -2.22. The molecule has 0 aliphatic heterocycles. The van der Waals surface area contributed by atoms with Crippen LogP contribution in [0.4, 0.5) is 0 Å². The van der Waals surface area contributed by atoms with Crippen LogP contribution >= 0.6 is 0 Å². The third-order valence-corrected chi connectivity index (χ3v) is 3.09. The van der Waals surface area contributed by atoms with E-state index in [0.29, 0.717) is 11.5 Å². The van der Waals surface area contributed by atoms with Crippen LogP contribution in [-0.4, -0.2) is 16.3 Å². The van der Waals surface area contributed by atoms with Crippen molar-refractivity contribution in [1.82, 2.24) is 9.97 Å². The summed E-state index contributed by atoms with van der Waals surface area (Å²) >= 11 is 0. The van der Waals surface area contributed by atoms with E-state index in [9.17, 15) is 4.79 Å². The molecule has 1 heterocycles. The van der Waals surface area contributed by atoms with E-state index in [0.717, 1.165) is 30.6 Å². The first-order valence-electron chi connectivity index (χ1n) is 5.60. The predicted octanol–water partition coefficient (Wildman–Crippen LogP) is 2.65. The van der Waals surface area contributed by atoms with Crippen molar-refractivity contribution in [2.45, 2.75) is 44.9 Å². The van der Waals surface area contributed by atoms with Gasteiger partial charge in [-0.05, 0) is 19.8 Å². The Morgan fingerprint density at radius 2 is 2.07 bits per heavy atom. The number of rotatable bonds is 2. The minimum Gasteiger partial charge on any atom is -0.298 e. The molecule has 0 amide bonds. The lowest BCUT2D eigenvalue weighted by Crippen LogP contribution is -2.11. The first-order chi connectivity index (χ1) is 7.31. The number of hydrogen-bond acceptors (Lipinski definition) is 3. The molecule has 0 unspecified atom stereocenters. The molecule has 1 aromatic heterocycles. The Kier molecular flexibility index (Phi) is 3.09. The average Bonchev–Trinajstić information content (AvgIpc) is 2.30. The molecule has 1 aromatic rings. The zero-order valence-electron chi connectivity index (χ0n) is 9.07. The van der Waals surface area contributed by atoms with E-state index >= 15 is 0 Å². The molecule has 1 aliphatic carbocycles. The van der Waals surface area contributed by atoms with Gasteiger partial charge in [0.1, 0.15) is 5.82 Å². The lowest BCUT2D eigenvalue weighted by atomic mass is 9.85. The lowest BCUT2D eigenvalue weighted by molar-refractivity contribution is 0.112. The number of aryl methyl sites for hydroxylation is 1. The van der Waals surface area contributed by atoms with Gasteiger partial charge in [-0.15, -0.1) is 0 Å². The topological polar surface area (TPSA) is 42.9 Å². The van der Waals surface area contributed by atoms with Crippen molar-refractivity contribution >= 4 is 6.29 Å². The maximum absolute atomic E-state index is 10.9. The number of nitrogens with zero attached hydrogens (tertiary/aromatic N) is 2. The second-order valence-corrected chi connectivity index (χ2v) is 4.21. The fraction of sp³-hybridized carbons (Fsp3) is 0.583. The number of hydrogen-bond donors (Lipinski definition) is 0. The largest absolute Gasteiger partial charge is 0.298 e. The smallest absolute Gasteiger partial charge is 0.153 e. The molecule has 15 heavy (non-hydrogen) atoms. The van der Waals surface area contributed by atoms with Gasteiger partial charge in [-0.1, -0.05) is 19.3 Å². The summed E-state index contributed by atoms with van der Waals surface area (Å²) in [6.07, 6.45) is 8.69. The van der Waals surface area contributed by atoms with Gasteiger partial charge < -0.3 is 0 Å². The molecular formula is C12H16N2O. The first-order valence-corrected chi connectivity index (χ1v) is 5.60. The van der Waals surface area contributed by atoms with E-state index in [-0.39, 0.29) is 0 Å². The second-order valence-electron chi connectivity index (χ2n) is 4.21. The Bertz CT molecular complexity index is 357. The maximum atomic E-state index is 10.9. The molecule has 0 bridgehead atoms. The maximum Gasteiger partial charge on any atom is 0.153 e. The predicted molar refractivity (Wildman–Crippen MR) is 58.0 cm³/mol. The molecule has 80 valence electrons. The van der Waals surface area contributed by atoms with Gasteiger partial charge in [0.05, 0.1) is 11.3 Å². The molecule has 1 aliphatic rings. The SMILES string of the molecule is Cc1ncc(C=O)c(C2CCCCC2)n1. The van der Waals surface area contributed by atoms with Crippen molar-refractivity contribution in [3.05, 3.63) is 23.3 Å². The standard InChI is InChI=1S/C12H16N2O/c1-9-13-7-11(8-15)12(14-9)10-5-3-2-4-6-10/h7-8,10H,2-6H2,1H3. The van der Waals surface area contributed by atoms with Gasteiger partial charge in [-0.3, -0.25) is 4.79 Å². The summed E-state index contributed by atoms with van der Waals surface area (Å²) in [5.74, 6) is 1.24. The van der Waals surface area contributed by atoms with Crippen LogP contribution < -0.4 is 0 Å². The van der Waals surface area contributed by atoms with Crippen molar-refractivity contribution < 1.29 is 4.79 Å². The molecule has 1 fully saturated rings. The molecule has 3 heteroatoms. The van der Waals surface area contributed by atoms with Gasteiger partial charge in [0.25, 0.3) is 0 Å². The molecule has 0 atom stereocenters. The van der Waals surface area contributed by atoms with E-state index < -0.39 is 0 Å². The summed E-state index contributed by atoms with van der Waals surface area (Å²) in [6.45, 7) is 1.88. The van der Waals surface area contributed by atoms with Crippen molar-refractivity contribution in [1.29, 1.82) is 0 Å². The fourth-order valence-electron chi connectivity index (χ4n) is 2.29. The van der Waals surface area contributed by atoms with Crippen LogP contribution in [0, 0.1) is 6.92 Å². The minimum atomic E-state index is 0.473. The van der Waals surface area contributed by atoms with E-state index in [4.69, 9.17) is 0 Å². The monoisotopic (exact) mass is 204 g/mol. The Morgan fingerprint density at radius 3 is 2.73 bits per heavy atom. The fourth-order valence-corrected chi connectivity index (χ4v) is 2.29. The Labute approximate surface area is 89.9 Å². The number of carbonyl (C=O) groups is 1. The van der Waals surface area contributed by atoms with Crippen molar-refractivity contribution in [2.75, 3.05) is 0 Å². The highest BCUT2D eigenvalue weighted by Gasteiger charge is 2.20. The number of carbonyl (C=O) groups excluding carboxylic acids is 1. The van der Waals surface area contributed by atoms with Crippen LogP contribution in [0.3, 0.4) is 0 Å². The summed E-state index contributed by atoms with van der Waals surface area (Å²) in [5.41, 5.74) is 1.64. The molecule has 0 saturated heterocycles. The van der Waals surface area contributed by atoms with Crippen LogP contribution in [0.5, 0.6) is 0 Å². The summed E-state index contributed by atoms with van der Waals surface area (Å²) in [6, 6.07) is 0. The quantitative estimate of drug-likeness (QED) is 0.695. The van der Waals surface area contributed by atoms with Crippen LogP contribution in [-0.2, 0) is 0 Å². The molecule has 0 radical (unpaired) electrons. The molecule has 0 N–H and O–H groups in total. The summed E-state index contributed by atoms with van der Waals surface area (Å²) in [5, 5.41) is 0. The molecule has 2 rings (SSSR count). The highest BCUT2D eigenvalue weighted by molar-refractivity contribution is 5.76. The molecule has 0 spiro atoms. The second kappa shape index (κ2) is 4.51. The zero-order valence-corrected chi connectivity index (χ0v) is 9.07. The molecular weight excluding hydrogens is 188 g/mol. The first kappa shape index (κ1) is 10.3. The molecule has 0 aromatic carbocycles. The average molecular weight is 204 g/mol. The van der Waals surface area contributed by atoms with E-state index in [2.05, 4.69) is 9.97 Å². The van der Waals surface area contributed by atoms with Gasteiger partial charge >= 0.3 is 0 Å². The van der Waals surface area contributed by atoms with Gasteiger partial charge in [-0.25, -0.2) is 9.97 Å². The van der Waals surface area contributed by atoms with Crippen molar-refractivity contribution in [3.8, 4) is 0 Å². The number of aldehydes is 1. The summed E-state index contributed by atoms with van der Waals surface area (Å²) in [7, 11) is 0. The van der Waals surface area contributed by atoms with Crippen molar-refractivity contribution in [3.63, 3.8) is 0 Å². The van der Waals surface area contributed by atoms with Gasteiger partial charge in [0.2, 0.25) is 0 Å². The Hall–Kier alpha value is -1.25. The highest BCUT2D eigenvalue weighted by atomic mass is 16.1. The third kappa shape index (κ3) is 2.22. The molecule has 3 nitrogen and oxygen atoms in total. The highest BCUT2D eigenvalue weighted by Crippen LogP contribution is 2.32. The van der Waals surface area contributed by atoms with Crippen molar-refractivity contribution in [2.24, 2.45) is 0 Å². The van der Waals surface area contributed by atoms with Crippen LogP contribution in [0.2, 0.25) is 0 Å². The third-order valence-electron chi connectivity index (χ3n) is 3.09. The number of aromatic nitrogens is 2. The van der Waals surface area contributed by atoms with E-state index in [1.165, 1.54) is 19.3 Å². The van der Waals surface area contributed by atoms with E-state index in [1.54, 1.807) is 6.20 Å².